The summed E-state index contributed by atoms with van der Waals surface area (Å²) in [7, 11) is 2.00. The number of imidazole rings is 1. The Balaban J connectivity index is 1.31. The molecule has 1 amide bonds. The van der Waals surface area contributed by atoms with E-state index in [4.69, 9.17) is 21.3 Å². The van der Waals surface area contributed by atoms with Gasteiger partial charge >= 0.3 is 6.09 Å². The van der Waals surface area contributed by atoms with E-state index in [-0.39, 0.29) is 12.1 Å². The van der Waals surface area contributed by atoms with Gasteiger partial charge in [0.05, 0.1) is 16.1 Å². The van der Waals surface area contributed by atoms with Crippen molar-refractivity contribution < 1.29 is 9.53 Å². The van der Waals surface area contributed by atoms with Crippen molar-refractivity contribution in [2.75, 3.05) is 18.0 Å². The highest BCUT2D eigenvalue weighted by Crippen LogP contribution is 2.47. The first-order chi connectivity index (χ1) is 14.7. The molecule has 162 valence electrons. The number of nitrogens with one attached hydrogen (secondary N) is 1. The van der Waals surface area contributed by atoms with Gasteiger partial charge in [-0.1, -0.05) is 23.7 Å². The molecular formula is C23H26ClN5O2. The number of aryl methyl sites for hydroxylation is 1. The van der Waals surface area contributed by atoms with Crippen LogP contribution in [0.25, 0.3) is 22.4 Å². The van der Waals surface area contributed by atoms with Crippen molar-refractivity contribution in [2.24, 2.45) is 18.9 Å². The summed E-state index contributed by atoms with van der Waals surface area (Å²) < 4.78 is 7.44. The van der Waals surface area contributed by atoms with Crippen molar-refractivity contribution >= 4 is 34.5 Å². The first kappa shape index (κ1) is 20.1. The zero-order valence-electron chi connectivity index (χ0n) is 18.1. The van der Waals surface area contributed by atoms with Crippen molar-refractivity contribution in [2.45, 2.75) is 32.4 Å². The maximum Gasteiger partial charge on any atom is 0.407 e. The molecule has 8 heteroatoms. The zero-order chi connectivity index (χ0) is 21.9. The Bertz CT molecular complexity index is 1160. The number of fused-ring (bicyclic) bond motifs is 2. The molecule has 1 aliphatic heterocycles. The van der Waals surface area contributed by atoms with Crippen LogP contribution in [0.4, 0.5) is 10.6 Å². The molecule has 31 heavy (non-hydrogen) atoms. The number of anilines is 1. The maximum absolute atomic E-state index is 12.1. The van der Waals surface area contributed by atoms with Crippen LogP contribution in [0, 0.1) is 11.8 Å². The zero-order valence-corrected chi connectivity index (χ0v) is 18.8. The van der Waals surface area contributed by atoms with Gasteiger partial charge in [0.15, 0.2) is 0 Å². The Hall–Kier alpha value is -2.80. The standard InChI is InChI=1S/C23H26ClN5O2/c1-23(2,3)31-22(30)27-20-14-11-29(12-15(14)20)19-9-13(16(24)10-25-19)21-26-17-7-5-6-8-18(17)28(21)4/h5-10,14-15,20H,11-12H2,1-4H3,(H,27,30)/t14-,15+,20+. The minimum absolute atomic E-state index is 0.178. The smallest absolute Gasteiger partial charge is 0.407 e. The second-order valence-corrected chi connectivity index (χ2v) is 9.82. The third-order valence-electron chi connectivity index (χ3n) is 6.07. The third kappa shape index (κ3) is 3.71. The van der Waals surface area contributed by atoms with Crippen LogP contribution in [-0.4, -0.2) is 45.4 Å². The molecule has 5 rings (SSSR count). The van der Waals surface area contributed by atoms with Crippen LogP contribution in [0.3, 0.4) is 0 Å². The van der Waals surface area contributed by atoms with E-state index >= 15 is 0 Å². The number of rotatable bonds is 3. The number of pyridine rings is 1. The van der Waals surface area contributed by atoms with Gasteiger partial charge < -0.3 is 19.5 Å². The van der Waals surface area contributed by atoms with Crippen molar-refractivity contribution in [3.8, 4) is 11.4 Å². The minimum atomic E-state index is -0.487. The van der Waals surface area contributed by atoms with Crippen molar-refractivity contribution in [1.29, 1.82) is 0 Å². The van der Waals surface area contributed by atoms with Gasteiger partial charge in [0.2, 0.25) is 0 Å². The summed E-state index contributed by atoms with van der Waals surface area (Å²) in [4.78, 5) is 23.7. The van der Waals surface area contributed by atoms with E-state index in [0.717, 1.165) is 41.3 Å². The number of hydrogen-bond donors (Lipinski definition) is 1. The molecule has 7 nitrogen and oxygen atoms in total. The normalized spacial score (nSPS) is 22.5. The SMILES string of the molecule is Cn1c(-c2cc(N3C[C@@H]4[C@H](C3)[C@H]4NC(=O)OC(C)(C)C)ncc2Cl)nc2ccccc21. The first-order valence-corrected chi connectivity index (χ1v) is 10.9. The molecule has 3 atom stereocenters. The Morgan fingerprint density at radius 2 is 1.94 bits per heavy atom. The summed E-state index contributed by atoms with van der Waals surface area (Å²) in [6.07, 6.45) is 1.36. The molecule has 1 N–H and O–H groups in total. The fourth-order valence-electron chi connectivity index (χ4n) is 4.53. The minimum Gasteiger partial charge on any atom is -0.444 e. The average molecular weight is 440 g/mol. The lowest BCUT2D eigenvalue weighted by Gasteiger charge is -2.23. The van der Waals surface area contributed by atoms with E-state index in [1.165, 1.54) is 0 Å². The molecule has 2 fully saturated rings. The fourth-order valence-corrected chi connectivity index (χ4v) is 4.72. The van der Waals surface area contributed by atoms with Crippen molar-refractivity contribution in [1.82, 2.24) is 19.9 Å². The number of hydrogen-bond acceptors (Lipinski definition) is 5. The lowest BCUT2D eigenvalue weighted by Crippen LogP contribution is -2.38. The van der Waals surface area contributed by atoms with Crippen LogP contribution < -0.4 is 10.2 Å². The molecule has 1 saturated carbocycles. The Kier molecular flexibility index (Phi) is 4.62. The number of ether oxygens (including phenoxy) is 1. The van der Waals surface area contributed by atoms with E-state index in [1.807, 2.05) is 58.2 Å². The van der Waals surface area contributed by atoms with Crippen LogP contribution in [0.1, 0.15) is 20.8 Å². The van der Waals surface area contributed by atoms with Crippen LogP contribution >= 0.6 is 11.6 Å². The van der Waals surface area contributed by atoms with Gasteiger partial charge in [0.25, 0.3) is 0 Å². The predicted molar refractivity (Wildman–Crippen MR) is 121 cm³/mol. The lowest BCUT2D eigenvalue weighted by atomic mass is 10.2. The predicted octanol–water partition coefficient (Wildman–Crippen LogP) is 4.25. The molecule has 1 saturated heterocycles. The summed E-state index contributed by atoms with van der Waals surface area (Å²) in [6.45, 7) is 7.31. The number of halogens is 1. The molecule has 3 aromatic rings. The molecular weight excluding hydrogens is 414 g/mol. The first-order valence-electron chi connectivity index (χ1n) is 10.5. The molecule has 0 spiro atoms. The Labute approximate surface area is 186 Å². The average Bonchev–Trinajstić information content (AvgIpc) is 3.04. The van der Waals surface area contributed by atoms with Gasteiger partial charge in [-0.25, -0.2) is 14.8 Å². The molecule has 3 heterocycles. The Morgan fingerprint density at radius 1 is 1.23 bits per heavy atom. The Morgan fingerprint density at radius 3 is 2.61 bits per heavy atom. The largest absolute Gasteiger partial charge is 0.444 e. The number of aromatic nitrogens is 3. The second kappa shape index (κ2) is 7.12. The molecule has 0 bridgehead atoms. The lowest BCUT2D eigenvalue weighted by molar-refractivity contribution is 0.0518. The molecule has 1 aromatic carbocycles. The molecule has 2 aromatic heterocycles. The molecule has 2 aliphatic rings. The van der Waals surface area contributed by atoms with Gasteiger partial charge in [0.1, 0.15) is 17.2 Å². The van der Waals surface area contributed by atoms with E-state index < -0.39 is 5.60 Å². The summed E-state index contributed by atoms with van der Waals surface area (Å²) in [5, 5.41) is 3.59. The van der Waals surface area contributed by atoms with Gasteiger partial charge in [0, 0.05) is 49.8 Å². The van der Waals surface area contributed by atoms with E-state index in [0.29, 0.717) is 16.9 Å². The second-order valence-electron chi connectivity index (χ2n) is 9.41. The van der Waals surface area contributed by atoms with Crippen LogP contribution in [0.2, 0.25) is 5.02 Å². The number of nitrogens with zero attached hydrogens (tertiary/aromatic N) is 4. The number of carbonyl (C=O) groups is 1. The van der Waals surface area contributed by atoms with E-state index in [1.54, 1.807) is 6.20 Å². The number of amides is 1. The third-order valence-corrected chi connectivity index (χ3v) is 6.37. The maximum atomic E-state index is 12.1. The summed E-state index contributed by atoms with van der Waals surface area (Å²) >= 11 is 6.51. The quantitative estimate of drug-likeness (QED) is 0.660. The van der Waals surface area contributed by atoms with Gasteiger partial charge in [-0.2, -0.15) is 0 Å². The summed E-state index contributed by atoms with van der Waals surface area (Å²) in [5.41, 5.74) is 2.38. The number of carbonyl (C=O) groups excluding carboxylic acids is 1. The van der Waals surface area contributed by atoms with E-state index in [9.17, 15) is 4.79 Å². The van der Waals surface area contributed by atoms with Crippen LogP contribution in [0.15, 0.2) is 36.5 Å². The topological polar surface area (TPSA) is 72.3 Å². The van der Waals surface area contributed by atoms with Crippen molar-refractivity contribution in [3.63, 3.8) is 0 Å². The van der Waals surface area contributed by atoms with Crippen LogP contribution in [0.5, 0.6) is 0 Å². The number of alkyl carbamates (subject to hydrolysis) is 1. The van der Waals surface area contributed by atoms with E-state index in [2.05, 4.69) is 19.8 Å². The number of para-hydroxylation sites is 2. The number of piperidine rings is 1. The van der Waals surface area contributed by atoms with Gasteiger partial charge in [-0.15, -0.1) is 0 Å². The highest BCUT2D eigenvalue weighted by molar-refractivity contribution is 6.33. The molecule has 0 unspecified atom stereocenters. The highest BCUT2D eigenvalue weighted by atomic mass is 35.5. The summed E-state index contributed by atoms with van der Waals surface area (Å²) in [6, 6.07) is 10.2. The fraction of sp³-hybridized carbons (Fsp3) is 0.435. The molecule has 1 aliphatic carbocycles. The monoisotopic (exact) mass is 439 g/mol. The molecule has 0 radical (unpaired) electrons. The van der Waals surface area contributed by atoms with Gasteiger partial charge in [-0.05, 0) is 39.0 Å². The number of benzene rings is 1. The van der Waals surface area contributed by atoms with Crippen molar-refractivity contribution in [3.05, 3.63) is 41.6 Å². The van der Waals surface area contributed by atoms with Crippen LogP contribution in [-0.2, 0) is 11.8 Å². The summed E-state index contributed by atoms with van der Waals surface area (Å²) in [5.74, 6) is 2.55. The highest BCUT2D eigenvalue weighted by Gasteiger charge is 2.57. The van der Waals surface area contributed by atoms with Gasteiger partial charge in [-0.3, -0.25) is 0 Å².